The van der Waals surface area contributed by atoms with E-state index in [9.17, 15) is 4.79 Å². The Bertz CT molecular complexity index is 949. The second-order valence-electron chi connectivity index (χ2n) is 7.32. The van der Waals surface area contributed by atoms with Crippen LogP contribution in [0.5, 0.6) is 0 Å². The van der Waals surface area contributed by atoms with Gasteiger partial charge in [-0.15, -0.1) is 0 Å². The number of hydrogen-bond donors (Lipinski definition) is 1. The van der Waals surface area contributed by atoms with Gasteiger partial charge in [-0.3, -0.25) is 9.67 Å². The molecule has 3 aromatic rings. The normalized spacial score (nSPS) is 16.4. The van der Waals surface area contributed by atoms with Crippen LogP contribution in [0.3, 0.4) is 0 Å². The fraction of sp³-hybridized carbons (Fsp3) is 0.318. The van der Waals surface area contributed by atoms with Gasteiger partial charge in [0.15, 0.2) is 0 Å². The molecule has 2 aromatic heterocycles. The van der Waals surface area contributed by atoms with Crippen LogP contribution in [0.4, 0.5) is 10.5 Å². The summed E-state index contributed by atoms with van der Waals surface area (Å²) in [6.45, 7) is 5.53. The van der Waals surface area contributed by atoms with E-state index in [2.05, 4.69) is 28.4 Å². The van der Waals surface area contributed by atoms with Crippen LogP contribution in [0, 0.1) is 13.8 Å². The summed E-state index contributed by atoms with van der Waals surface area (Å²) < 4.78 is 1.99. The molecule has 1 aliphatic heterocycles. The molecule has 6 heteroatoms. The molecule has 1 N–H and O–H groups in total. The summed E-state index contributed by atoms with van der Waals surface area (Å²) in [6.07, 6.45) is 3.73. The number of carbonyl (C=O) groups is 1. The summed E-state index contributed by atoms with van der Waals surface area (Å²) in [5.41, 5.74) is 5.07. The third-order valence-corrected chi connectivity index (χ3v) is 5.18. The van der Waals surface area contributed by atoms with E-state index in [1.54, 1.807) is 6.20 Å². The molecule has 6 nitrogen and oxygen atoms in total. The lowest BCUT2D eigenvalue weighted by Crippen LogP contribution is -2.34. The Balaban J connectivity index is 1.41. The monoisotopic (exact) mass is 375 g/mol. The molecule has 1 fully saturated rings. The topological polar surface area (TPSA) is 63.1 Å². The number of amides is 2. The SMILES string of the molecule is Cc1cc(C)n(Cc2ccc(NC(=O)N3CCC[C@@H]3c3ccccn3)cc2)n1. The maximum absolute atomic E-state index is 12.8. The first-order chi connectivity index (χ1) is 13.6. The van der Waals surface area contributed by atoms with Crippen molar-refractivity contribution in [2.24, 2.45) is 0 Å². The molecule has 2 amide bonds. The zero-order chi connectivity index (χ0) is 19.5. The van der Waals surface area contributed by atoms with Crippen LogP contribution >= 0.6 is 0 Å². The fourth-order valence-corrected chi connectivity index (χ4v) is 3.79. The lowest BCUT2D eigenvalue weighted by Gasteiger charge is -2.24. The van der Waals surface area contributed by atoms with Crippen LogP contribution in [0.25, 0.3) is 0 Å². The van der Waals surface area contributed by atoms with Crippen molar-refractivity contribution in [3.05, 3.63) is 77.4 Å². The molecule has 144 valence electrons. The number of nitrogens with zero attached hydrogens (tertiary/aromatic N) is 4. The Morgan fingerprint density at radius 2 is 2.00 bits per heavy atom. The van der Waals surface area contributed by atoms with Crippen molar-refractivity contribution < 1.29 is 4.79 Å². The minimum atomic E-state index is -0.0700. The molecule has 0 spiro atoms. The minimum Gasteiger partial charge on any atom is -0.316 e. The molecular weight excluding hydrogens is 350 g/mol. The summed E-state index contributed by atoms with van der Waals surface area (Å²) in [6, 6.07) is 15.9. The zero-order valence-electron chi connectivity index (χ0n) is 16.3. The quantitative estimate of drug-likeness (QED) is 0.739. The standard InChI is InChI=1S/C22H25N5O/c1-16-14-17(2)27(25-16)15-18-8-10-19(11-9-18)24-22(28)26-13-5-7-21(26)20-6-3-4-12-23-20/h3-4,6,8-12,14,21H,5,7,13,15H2,1-2H3,(H,24,28)/t21-/m1/s1. The summed E-state index contributed by atoms with van der Waals surface area (Å²) in [4.78, 5) is 19.1. The van der Waals surface area contributed by atoms with Gasteiger partial charge < -0.3 is 10.2 Å². The maximum atomic E-state index is 12.8. The van der Waals surface area contributed by atoms with Gasteiger partial charge in [-0.25, -0.2) is 4.79 Å². The average Bonchev–Trinajstić information content (AvgIpc) is 3.31. The highest BCUT2D eigenvalue weighted by Crippen LogP contribution is 2.31. The number of hydrogen-bond acceptors (Lipinski definition) is 3. The largest absolute Gasteiger partial charge is 0.322 e. The van der Waals surface area contributed by atoms with E-state index in [-0.39, 0.29) is 12.1 Å². The second kappa shape index (κ2) is 7.84. The van der Waals surface area contributed by atoms with Crippen molar-refractivity contribution in [3.8, 4) is 0 Å². The minimum absolute atomic E-state index is 0.0477. The predicted molar refractivity (Wildman–Crippen MR) is 109 cm³/mol. The molecular formula is C22H25N5O. The van der Waals surface area contributed by atoms with E-state index in [4.69, 9.17) is 0 Å². The number of likely N-dealkylation sites (tertiary alicyclic amines) is 1. The summed E-state index contributed by atoms with van der Waals surface area (Å²) in [5.74, 6) is 0. The van der Waals surface area contributed by atoms with Crippen LogP contribution < -0.4 is 5.32 Å². The van der Waals surface area contributed by atoms with Crippen molar-refractivity contribution in [1.29, 1.82) is 0 Å². The molecule has 0 unspecified atom stereocenters. The highest BCUT2D eigenvalue weighted by Gasteiger charge is 2.30. The van der Waals surface area contributed by atoms with Crippen LogP contribution in [0.1, 0.15) is 41.5 Å². The first-order valence-electron chi connectivity index (χ1n) is 9.69. The summed E-state index contributed by atoms with van der Waals surface area (Å²) >= 11 is 0. The maximum Gasteiger partial charge on any atom is 0.322 e. The van der Waals surface area contributed by atoms with Gasteiger partial charge in [0.1, 0.15) is 0 Å². The molecule has 0 aliphatic carbocycles. The Morgan fingerprint density at radius 1 is 1.18 bits per heavy atom. The molecule has 0 saturated carbocycles. The molecule has 3 heterocycles. The third-order valence-electron chi connectivity index (χ3n) is 5.18. The van der Waals surface area contributed by atoms with Gasteiger partial charge in [-0.05, 0) is 62.6 Å². The lowest BCUT2D eigenvalue weighted by molar-refractivity contribution is 0.206. The molecule has 0 bridgehead atoms. The van der Waals surface area contributed by atoms with Gasteiger partial charge in [0.05, 0.1) is 24.0 Å². The number of pyridine rings is 1. The Labute approximate surface area is 165 Å². The van der Waals surface area contributed by atoms with Crippen molar-refractivity contribution in [2.75, 3.05) is 11.9 Å². The van der Waals surface area contributed by atoms with E-state index in [1.807, 2.05) is 59.0 Å². The van der Waals surface area contributed by atoms with Crippen molar-refractivity contribution >= 4 is 11.7 Å². The van der Waals surface area contributed by atoms with Crippen LogP contribution in [0.2, 0.25) is 0 Å². The number of nitrogens with one attached hydrogen (secondary N) is 1. The van der Waals surface area contributed by atoms with E-state index in [0.29, 0.717) is 0 Å². The van der Waals surface area contributed by atoms with Gasteiger partial charge >= 0.3 is 6.03 Å². The van der Waals surface area contributed by atoms with E-state index >= 15 is 0 Å². The lowest BCUT2D eigenvalue weighted by atomic mass is 10.1. The molecule has 1 saturated heterocycles. The van der Waals surface area contributed by atoms with Crippen molar-refractivity contribution in [2.45, 2.75) is 39.3 Å². The molecule has 1 atom stereocenters. The van der Waals surface area contributed by atoms with Gasteiger partial charge in [-0.1, -0.05) is 18.2 Å². The highest BCUT2D eigenvalue weighted by molar-refractivity contribution is 5.89. The van der Waals surface area contributed by atoms with E-state index in [1.165, 1.54) is 0 Å². The molecule has 1 aliphatic rings. The first-order valence-corrected chi connectivity index (χ1v) is 9.69. The van der Waals surface area contributed by atoms with Crippen molar-refractivity contribution in [3.63, 3.8) is 0 Å². The average molecular weight is 375 g/mol. The van der Waals surface area contributed by atoms with E-state index < -0.39 is 0 Å². The summed E-state index contributed by atoms with van der Waals surface area (Å²) in [5, 5.41) is 7.53. The number of rotatable bonds is 4. The number of aryl methyl sites for hydroxylation is 2. The Hall–Kier alpha value is -3.15. The van der Waals surface area contributed by atoms with Crippen molar-refractivity contribution in [1.82, 2.24) is 19.7 Å². The number of carbonyl (C=O) groups excluding carboxylic acids is 1. The second-order valence-corrected chi connectivity index (χ2v) is 7.32. The molecule has 1 aromatic carbocycles. The molecule has 28 heavy (non-hydrogen) atoms. The van der Waals surface area contributed by atoms with Crippen LogP contribution in [0.15, 0.2) is 54.7 Å². The van der Waals surface area contributed by atoms with Gasteiger partial charge in [0, 0.05) is 24.1 Å². The number of urea groups is 1. The predicted octanol–water partition coefficient (Wildman–Crippen LogP) is 4.31. The number of aromatic nitrogens is 3. The highest BCUT2D eigenvalue weighted by atomic mass is 16.2. The fourth-order valence-electron chi connectivity index (χ4n) is 3.79. The first kappa shape index (κ1) is 18.2. The Kier molecular flexibility index (Phi) is 5.10. The van der Waals surface area contributed by atoms with Gasteiger partial charge in [0.25, 0.3) is 0 Å². The van der Waals surface area contributed by atoms with Gasteiger partial charge in [-0.2, -0.15) is 5.10 Å². The zero-order valence-corrected chi connectivity index (χ0v) is 16.3. The smallest absolute Gasteiger partial charge is 0.316 e. The van der Waals surface area contributed by atoms with Gasteiger partial charge in [0.2, 0.25) is 0 Å². The Morgan fingerprint density at radius 3 is 2.68 bits per heavy atom. The molecule has 4 rings (SSSR count). The number of benzene rings is 1. The van der Waals surface area contributed by atoms with Crippen LogP contribution in [-0.4, -0.2) is 32.2 Å². The van der Waals surface area contributed by atoms with Crippen LogP contribution in [-0.2, 0) is 6.54 Å². The number of anilines is 1. The molecule has 0 radical (unpaired) electrons. The van der Waals surface area contributed by atoms with E-state index in [0.717, 1.165) is 54.3 Å². The summed E-state index contributed by atoms with van der Waals surface area (Å²) in [7, 11) is 0. The third kappa shape index (κ3) is 3.91.